The highest BCUT2D eigenvalue weighted by Gasteiger charge is 2.07. The van der Waals surface area contributed by atoms with Gasteiger partial charge in [-0.05, 0) is 31.2 Å². The molecule has 0 bridgehead atoms. The van der Waals surface area contributed by atoms with Crippen molar-refractivity contribution in [2.24, 2.45) is 5.73 Å². The molecule has 0 saturated carbocycles. The van der Waals surface area contributed by atoms with Gasteiger partial charge >= 0.3 is 0 Å². The van der Waals surface area contributed by atoms with Crippen molar-refractivity contribution in [1.82, 2.24) is 4.98 Å². The fourth-order valence-corrected chi connectivity index (χ4v) is 1.72. The van der Waals surface area contributed by atoms with Gasteiger partial charge in [0.2, 0.25) is 11.8 Å². The molecule has 0 spiro atoms. The van der Waals surface area contributed by atoms with Gasteiger partial charge in [0.25, 0.3) is 0 Å². The van der Waals surface area contributed by atoms with Gasteiger partial charge in [0, 0.05) is 19.2 Å². The first-order chi connectivity index (χ1) is 9.22. The molecule has 0 atom stereocenters. The van der Waals surface area contributed by atoms with Crippen LogP contribution in [0.15, 0.2) is 22.6 Å². The minimum Gasteiger partial charge on any atom is -0.438 e. The predicted octanol–water partition coefficient (Wildman–Crippen LogP) is 1.65. The molecule has 0 aliphatic heterocycles. The Morgan fingerprint density at radius 2 is 2.37 bits per heavy atom. The molecule has 0 aliphatic carbocycles. The first-order valence-corrected chi connectivity index (χ1v) is 6.11. The molecule has 102 valence electrons. The number of hydrogen-bond acceptors (Lipinski definition) is 5. The highest BCUT2D eigenvalue weighted by molar-refractivity contribution is 5.92. The number of aromatic nitrogens is 1. The summed E-state index contributed by atoms with van der Waals surface area (Å²) >= 11 is 0. The maximum Gasteiger partial charge on any atom is 0.224 e. The molecule has 6 heteroatoms. The second-order valence-electron chi connectivity index (χ2n) is 4.16. The number of carbonyl (C=O) groups excluding carboxylic acids is 1. The molecule has 0 radical (unpaired) electrons. The normalized spacial score (nSPS) is 10.8. The number of hydrogen-bond donors (Lipinski definition) is 2. The van der Waals surface area contributed by atoms with Crippen molar-refractivity contribution in [1.29, 1.82) is 0 Å². The molecule has 6 nitrogen and oxygen atoms in total. The topological polar surface area (TPSA) is 90.4 Å². The molecule has 3 N–H and O–H groups in total. The first-order valence-electron chi connectivity index (χ1n) is 6.11. The molecule has 2 rings (SSSR count). The van der Waals surface area contributed by atoms with Gasteiger partial charge < -0.3 is 20.2 Å². The predicted molar refractivity (Wildman–Crippen MR) is 71.6 cm³/mol. The maximum absolute atomic E-state index is 11.6. The van der Waals surface area contributed by atoms with Crippen LogP contribution in [0.2, 0.25) is 0 Å². The molecule has 1 aromatic carbocycles. The fraction of sp³-hybridized carbons (Fsp3) is 0.385. The fourth-order valence-electron chi connectivity index (χ4n) is 1.72. The lowest BCUT2D eigenvalue weighted by Gasteiger charge is -2.03. The van der Waals surface area contributed by atoms with Crippen molar-refractivity contribution in [3.05, 3.63) is 24.1 Å². The smallest absolute Gasteiger partial charge is 0.224 e. The minimum absolute atomic E-state index is 0.0505. The van der Waals surface area contributed by atoms with Gasteiger partial charge in [-0.1, -0.05) is 0 Å². The van der Waals surface area contributed by atoms with Gasteiger partial charge in [-0.3, -0.25) is 4.79 Å². The van der Waals surface area contributed by atoms with Crippen molar-refractivity contribution < 1.29 is 13.9 Å². The number of ether oxygens (including phenoxy) is 1. The summed E-state index contributed by atoms with van der Waals surface area (Å²) in [6.07, 6.45) is 1.10. The van der Waals surface area contributed by atoms with Gasteiger partial charge in [0.1, 0.15) is 12.1 Å². The Morgan fingerprint density at radius 1 is 1.53 bits per heavy atom. The van der Waals surface area contributed by atoms with E-state index in [0.29, 0.717) is 48.7 Å². The van der Waals surface area contributed by atoms with E-state index in [0.717, 1.165) is 0 Å². The Bertz CT molecular complexity index is 565. The monoisotopic (exact) mass is 263 g/mol. The number of anilines is 1. The maximum atomic E-state index is 11.6. The van der Waals surface area contributed by atoms with Crippen molar-refractivity contribution >= 4 is 22.7 Å². The molecule has 0 aliphatic rings. The van der Waals surface area contributed by atoms with Crippen LogP contribution in [-0.4, -0.2) is 24.5 Å². The van der Waals surface area contributed by atoms with E-state index in [9.17, 15) is 4.79 Å². The number of carbonyl (C=O) groups is 1. The molecule has 1 amide bonds. The number of nitrogens with one attached hydrogen (secondary N) is 1. The van der Waals surface area contributed by atoms with Crippen LogP contribution in [0.3, 0.4) is 0 Å². The summed E-state index contributed by atoms with van der Waals surface area (Å²) < 4.78 is 10.4. The molecule has 0 saturated heterocycles. The second kappa shape index (κ2) is 6.31. The lowest BCUT2D eigenvalue weighted by atomic mass is 10.2. The SMILES string of the molecule is COCc1nc2cc(NC(=O)CCCN)ccc2o1. The third-order valence-electron chi connectivity index (χ3n) is 2.59. The van der Waals surface area contributed by atoms with Gasteiger partial charge in [-0.25, -0.2) is 4.98 Å². The number of rotatable bonds is 6. The summed E-state index contributed by atoms with van der Waals surface area (Å²) in [5.74, 6) is 0.467. The average Bonchev–Trinajstić information content (AvgIpc) is 2.78. The molecule has 1 aromatic heterocycles. The zero-order chi connectivity index (χ0) is 13.7. The number of nitrogens with two attached hydrogens (primary N) is 1. The summed E-state index contributed by atoms with van der Waals surface area (Å²) in [6.45, 7) is 0.836. The van der Waals surface area contributed by atoms with Crippen molar-refractivity contribution in [3.63, 3.8) is 0 Å². The highest BCUT2D eigenvalue weighted by atomic mass is 16.5. The van der Waals surface area contributed by atoms with Crippen LogP contribution in [0, 0.1) is 0 Å². The number of methoxy groups -OCH3 is 1. The van der Waals surface area contributed by atoms with E-state index in [-0.39, 0.29) is 5.91 Å². The molecule has 0 fully saturated rings. The van der Waals surface area contributed by atoms with E-state index in [2.05, 4.69) is 10.3 Å². The summed E-state index contributed by atoms with van der Waals surface area (Å²) in [7, 11) is 1.58. The average molecular weight is 263 g/mol. The number of amides is 1. The molecular weight excluding hydrogens is 246 g/mol. The van der Waals surface area contributed by atoms with Crippen LogP contribution in [0.5, 0.6) is 0 Å². The van der Waals surface area contributed by atoms with E-state index in [1.165, 1.54) is 0 Å². The van der Waals surface area contributed by atoms with Crippen molar-refractivity contribution in [2.75, 3.05) is 19.0 Å². The van der Waals surface area contributed by atoms with E-state index < -0.39 is 0 Å². The van der Waals surface area contributed by atoms with Crippen LogP contribution in [0.4, 0.5) is 5.69 Å². The Morgan fingerprint density at radius 3 is 3.11 bits per heavy atom. The van der Waals surface area contributed by atoms with Crippen LogP contribution in [0.25, 0.3) is 11.1 Å². The molecular formula is C13H17N3O3. The lowest BCUT2D eigenvalue weighted by molar-refractivity contribution is -0.116. The zero-order valence-corrected chi connectivity index (χ0v) is 10.8. The Labute approximate surface area is 110 Å². The van der Waals surface area contributed by atoms with Gasteiger partial charge in [-0.15, -0.1) is 0 Å². The quantitative estimate of drug-likeness (QED) is 0.827. The standard InChI is InChI=1S/C13H17N3O3/c1-18-8-13-16-10-7-9(4-5-11(10)19-13)15-12(17)3-2-6-14/h4-5,7H,2-3,6,8,14H2,1H3,(H,15,17). The number of benzene rings is 1. The van der Waals surface area contributed by atoms with Gasteiger partial charge in [0.05, 0.1) is 0 Å². The zero-order valence-electron chi connectivity index (χ0n) is 10.8. The number of oxazole rings is 1. The largest absolute Gasteiger partial charge is 0.438 e. The van der Waals surface area contributed by atoms with Crippen LogP contribution in [0.1, 0.15) is 18.7 Å². The van der Waals surface area contributed by atoms with Crippen molar-refractivity contribution in [3.8, 4) is 0 Å². The number of fused-ring (bicyclic) bond motifs is 1. The Balaban J connectivity index is 2.10. The van der Waals surface area contributed by atoms with Crippen LogP contribution < -0.4 is 11.1 Å². The Kier molecular flexibility index (Phi) is 4.48. The number of nitrogens with zero attached hydrogens (tertiary/aromatic N) is 1. The van der Waals surface area contributed by atoms with Gasteiger partial charge in [0.15, 0.2) is 5.58 Å². The third kappa shape index (κ3) is 3.52. The first kappa shape index (κ1) is 13.5. The lowest BCUT2D eigenvalue weighted by Crippen LogP contribution is -2.13. The summed E-state index contributed by atoms with van der Waals surface area (Å²) in [5, 5.41) is 2.80. The molecule has 2 aromatic rings. The summed E-state index contributed by atoms with van der Waals surface area (Å²) in [4.78, 5) is 15.9. The van der Waals surface area contributed by atoms with Crippen LogP contribution >= 0.6 is 0 Å². The summed E-state index contributed by atoms with van der Waals surface area (Å²) in [6, 6.07) is 5.34. The Hall–Kier alpha value is -1.92. The molecule has 1 heterocycles. The van der Waals surface area contributed by atoms with E-state index in [1.54, 1.807) is 25.3 Å². The highest BCUT2D eigenvalue weighted by Crippen LogP contribution is 2.20. The van der Waals surface area contributed by atoms with E-state index in [1.807, 2.05) is 0 Å². The van der Waals surface area contributed by atoms with E-state index >= 15 is 0 Å². The molecule has 0 unspecified atom stereocenters. The van der Waals surface area contributed by atoms with E-state index in [4.69, 9.17) is 14.9 Å². The molecule has 19 heavy (non-hydrogen) atoms. The van der Waals surface area contributed by atoms with Crippen molar-refractivity contribution in [2.45, 2.75) is 19.4 Å². The minimum atomic E-state index is -0.0505. The van der Waals surface area contributed by atoms with Gasteiger partial charge in [-0.2, -0.15) is 0 Å². The second-order valence-corrected chi connectivity index (χ2v) is 4.16. The van der Waals surface area contributed by atoms with Crippen LogP contribution in [-0.2, 0) is 16.1 Å². The summed E-state index contributed by atoms with van der Waals surface area (Å²) in [5.41, 5.74) is 7.43. The third-order valence-corrected chi connectivity index (χ3v) is 2.59.